The van der Waals surface area contributed by atoms with Crippen molar-refractivity contribution in [3.63, 3.8) is 0 Å². The van der Waals surface area contributed by atoms with Crippen molar-refractivity contribution in [1.29, 1.82) is 0 Å². The highest BCUT2D eigenvalue weighted by Crippen LogP contribution is 2.29. The summed E-state index contributed by atoms with van der Waals surface area (Å²) >= 11 is 0. The number of nitrogens with one attached hydrogen (secondary N) is 1. The number of urea groups is 1. The molecule has 0 saturated heterocycles. The predicted molar refractivity (Wildman–Crippen MR) is 127 cm³/mol. The number of carbonyl (C=O) groups is 1. The fraction of sp³-hybridized carbons (Fsp3) is 0.269. The highest BCUT2D eigenvalue weighted by atomic mass is 16.5. The van der Waals surface area contributed by atoms with Gasteiger partial charge in [-0.1, -0.05) is 66.7 Å². The van der Waals surface area contributed by atoms with E-state index >= 15 is 0 Å². The molecule has 0 aromatic heterocycles. The van der Waals surface area contributed by atoms with E-state index < -0.39 is 0 Å². The third-order valence-electron chi connectivity index (χ3n) is 5.16. The van der Waals surface area contributed by atoms with Crippen molar-refractivity contribution in [3.05, 3.63) is 95.6 Å². The summed E-state index contributed by atoms with van der Waals surface area (Å²) in [4.78, 5) is 14.6. The highest BCUT2D eigenvalue weighted by molar-refractivity contribution is 5.74. The minimum absolute atomic E-state index is 0.104. The van der Waals surface area contributed by atoms with Crippen LogP contribution in [-0.4, -0.2) is 31.1 Å². The second-order valence-electron chi connectivity index (χ2n) is 7.55. The lowest BCUT2D eigenvalue weighted by Crippen LogP contribution is -2.42. The van der Waals surface area contributed by atoms with Gasteiger partial charge in [-0.2, -0.15) is 0 Å². The van der Waals surface area contributed by atoms with Crippen LogP contribution in [0.15, 0.2) is 78.9 Å². The normalized spacial score (nSPS) is 11.5. The van der Waals surface area contributed by atoms with Crippen LogP contribution in [0.25, 0.3) is 0 Å². The summed E-state index contributed by atoms with van der Waals surface area (Å²) in [5.74, 6) is 1.29. The molecule has 0 unspecified atom stereocenters. The molecule has 3 rings (SSSR count). The van der Waals surface area contributed by atoms with Gasteiger partial charge in [0.15, 0.2) is 11.5 Å². The fourth-order valence-corrected chi connectivity index (χ4v) is 3.40. The molecule has 0 aliphatic rings. The van der Waals surface area contributed by atoms with Gasteiger partial charge in [-0.05, 0) is 35.7 Å². The van der Waals surface area contributed by atoms with Crippen molar-refractivity contribution in [2.75, 3.05) is 20.2 Å². The average Bonchev–Trinajstić information content (AvgIpc) is 2.84. The number of methoxy groups -OCH3 is 1. The molecule has 0 saturated carbocycles. The van der Waals surface area contributed by atoms with Gasteiger partial charge < -0.3 is 25.4 Å². The Balaban J connectivity index is 1.66. The zero-order chi connectivity index (χ0) is 22.8. The second kappa shape index (κ2) is 11.8. The summed E-state index contributed by atoms with van der Waals surface area (Å²) in [6, 6.07) is 25.3. The van der Waals surface area contributed by atoms with Crippen molar-refractivity contribution in [2.45, 2.75) is 26.1 Å². The van der Waals surface area contributed by atoms with Crippen LogP contribution in [0.2, 0.25) is 0 Å². The standard InChI is InChI=1S/C26H31N3O3/c1-20(23-11-7-4-8-12-23)28-26(30)29(16-15-27)18-22-13-14-24(25(17-22)31-2)32-19-21-9-5-3-6-10-21/h3-14,17,20H,15-16,18-19,27H2,1-2H3,(H,28,30)/t20-/m0/s1. The molecule has 0 aliphatic carbocycles. The molecule has 32 heavy (non-hydrogen) atoms. The van der Waals surface area contributed by atoms with E-state index in [9.17, 15) is 4.79 Å². The summed E-state index contributed by atoms with van der Waals surface area (Å²) in [5, 5.41) is 3.06. The number of hydrogen-bond acceptors (Lipinski definition) is 4. The van der Waals surface area contributed by atoms with E-state index in [-0.39, 0.29) is 12.1 Å². The van der Waals surface area contributed by atoms with E-state index in [1.807, 2.05) is 85.8 Å². The molecule has 6 nitrogen and oxygen atoms in total. The van der Waals surface area contributed by atoms with E-state index in [1.165, 1.54) is 0 Å². The molecule has 6 heteroatoms. The summed E-state index contributed by atoms with van der Waals surface area (Å²) < 4.78 is 11.5. The Hall–Kier alpha value is -3.51. The number of hydrogen-bond donors (Lipinski definition) is 2. The van der Waals surface area contributed by atoms with E-state index in [2.05, 4.69) is 5.32 Å². The van der Waals surface area contributed by atoms with Crippen molar-refractivity contribution < 1.29 is 14.3 Å². The van der Waals surface area contributed by atoms with Crippen molar-refractivity contribution >= 4 is 6.03 Å². The lowest BCUT2D eigenvalue weighted by Gasteiger charge is -2.25. The highest BCUT2D eigenvalue weighted by Gasteiger charge is 2.17. The first kappa shape index (κ1) is 23.2. The first-order valence-corrected chi connectivity index (χ1v) is 10.7. The minimum atomic E-state index is -0.157. The molecule has 3 aromatic carbocycles. The lowest BCUT2D eigenvalue weighted by molar-refractivity contribution is 0.193. The van der Waals surface area contributed by atoms with E-state index in [1.54, 1.807) is 12.0 Å². The van der Waals surface area contributed by atoms with E-state index in [4.69, 9.17) is 15.2 Å². The zero-order valence-corrected chi connectivity index (χ0v) is 18.7. The van der Waals surface area contributed by atoms with Crippen LogP contribution in [0.1, 0.15) is 29.7 Å². The molecule has 2 amide bonds. The van der Waals surface area contributed by atoms with Crippen molar-refractivity contribution in [2.24, 2.45) is 5.73 Å². The lowest BCUT2D eigenvalue weighted by atomic mass is 10.1. The number of nitrogens with zero attached hydrogens (tertiary/aromatic N) is 1. The fourth-order valence-electron chi connectivity index (χ4n) is 3.40. The topological polar surface area (TPSA) is 76.8 Å². The van der Waals surface area contributed by atoms with Gasteiger partial charge >= 0.3 is 6.03 Å². The molecule has 0 spiro atoms. The Kier molecular flexibility index (Phi) is 8.52. The van der Waals surface area contributed by atoms with Gasteiger partial charge in [-0.15, -0.1) is 0 Å². The number of rotatable bonds is 10. The number of carbonyl (C=O) groups excluding carboxylic acids is 1. The zero-order valence-electron chi connectivity index (χ0n) is 18.7. The second-order valence-corrected chi connectivity index (χ2v) is 7.55. The predicted octanol–water partition coefficient (Wildman–Crippen LogP) is 4.51. The largest absolute Gasteiger partial charge is 0.493 e. The van der Waals surface area contributed by atoms with Crippen LogP contribution in [0, 0.1) is 0 Å². The quantitative estimate of drug-likeness (QED) is 0.493. The Morgan fingerprint density at radius 3 is 2.31 bits per heavy atom. The molecule has 0 heterocycles. The maximum atomic E-state index is 12.9. The van der Waals surface area contributed by atoms with Gasteiger partial charge in [0.1, 0.15) is 6.61 Å². The van der Waals surface area contributed by atoms with Gasteiger partial charge in [0.05, 0.1) is 13.2 Å². The van der Waals surface area contributed by atoms with Gasteiger partial charge in [-0.3, -0.25) is 0 Å². The summed E-state index contributed by atoms with van der Waals surface area (Å²) in [7, 11) is 1.61. The third kappa shape index (κ3) is 6.49. The molecular formula is C26H31N3O3. The van der Waals surface area contributed by atoms with E-state index in [0.717, 1.165) is 16.7 Å². The van der Waals surface area contributed by atoms with Gasteiger partial charge in [0.2, 0.25) is 0 Å². The number of ether oxygens (including phenoxy) is 2. The van der Waals surface area contributed by atoms with Crippen LogP contribution < -0.4 is 20.5 Å². The first-order valence-electron chi connectivity index (χ1n) is 10.7. The third-order valence-corrected chi connectivity index (χ3v) is 5.16. The van der Waals surface area contributed by atoms with Crippen LogP contribution in [0.5, 0.6) is 11.5 Å². The molecule has 3 N–H and O–H groups in total. The minimum Gasteiger partial charge on any atom is -0.493 e. The van der Waals surface area contributed by atoms with Gasteiger partial charge in [-0.25, -0.2) is 4.79 Å². The van der Waals surface area contributed by atoms with Crippen molar-refractivity contribution in [3.8, 4) is 11.5 Å². The molecule has 0 radical (unpaired) electrons. The maximum absolute atomic E-state index is 12.9. The Morgan fingerprint density at radius 2 is 1.66 bits per heavy atom. The number of amides is 2. The number of nitrogens with two attached hydrogens (primary N) is 1. The monoisotopic (exact) mass is 433 g/mol. The Bertz CT molecular complexity index is 980. The van der Waals surface area contributed by atoms with Crippen LogP contribution in [0.3, 0.4) is 0 Å². The molecule has 3 aromatic rings. The number of benzene rings is 3. The van der Waals surface area contributed by atoms with Gasteiger partial charge in [0, 0.05) is 19.6 Å². The Morgan fingerprint density at radius 1 is 0.969 bits per heavy atom. The maximum Gasteiger partial charge on any atom is 0.318 e. The first-order chi connectivity index (χ1) is 15.6. The van der Waals surface area contributed by atoms with Crippen LogP contribution in [0.4, 0.5) is 4.79 Å². The van der Waals surface area contributed by atoms with Gasteiger partial charge in [0.25, 0.3) is 0 Å². The summed E-state index contributed by atoms with van der Waals surface area (Å²) in [6.07, 6.45) is 0. The average molecular weight is 434 g/mol. The van der Waals surface area contributed by atoms with Crippen molar-refractivity contribution in [1.82, 2.24) is 10.2 Å². The molecule has 168 valence electrons. The molecule has 1 atom stereocenters. The van der Waals surface area contributed by atoms with Crippen LogP contribution >= 0.6 is 0 Å². The summed E-state index contributed by atoms with van der Waals surface area (Å²) in [6.45, 7) is 3.66. The molecular weight excluding hydrogens is 402 g/mol. The molecule has 0 aliphatic heterocycles. The molecule has 0 fully saturated rings. The van der Waals surface area contributed by atoms with Crippen LogP contribution in [-0.2, 0) is 13.2 Å². The molecule has 0 bridgehead atoms. The summed E-state index contributed by atoms with van der Waals surface area (Å²) in [5.41, 5.74) is 8.84. The van der Waals surface area contributed by atoms with E-state index in [0.29, 0.717) is 37.7 Å². The smallest absolute Gasteiger partial charge is 0.318 e. The SMILES string of the molecule is COc1cc(CN(CCN)C(=O)N[C@@H](C)c2ccccc2)ccc1OCc1ccccc1. The Labute approximate surface area is 190 Å².